The Kier molecular flexibility index (Phi) is 4.23. The molecule has 3 N–H and O–H groups in total. The first-order chi connectivity index (χ1) is 12.1. The number of nitrogens with two attached hydrogens (primary N) is 1. The Hall–Kier alpha value is -2.88. The molecule has 0 fully saturated rings. The number of hydrazone groups is 1. The molecule has 1 aliphatic heterocycles. The Labute approximate surface area is 146 Å². The molecule has 0 unspecified atom stereocenters. The van der Waals surface area contributed by atoms with Crippen LogP contribution in [0.2, 0.25) is 0 Å². The number of aromatic nitrogens is 2. The Bertz CT molecular complexity index is 834. The molecule has 1 aromatic carbocycles. The summed E-state index contributed by atoms with van der Waals surface area (Å²) in [6.07, 6.45) is -5.73. The first-order valence-electron chi connectivity index (χ1n) is 7.56. The molecule has 1 aliphatic rings. The zero-order valence-electron chi connectivity index (χ0n) is 13.9. The van der Waals surface area contributed by atoms with E-state index >= 15 is 0 Å². The van der Waals surface area contributed by atoms with Crippen molar-refractivity contribution in [3.8, 4) is 5.75 Å². The van der Waals surface area contributed by atoms with E-state index in [1.807, 2.05) is 0 Å². The minimum absolute atomic E-state index is 0.0577. The number of anilines is 2. The summed E-state index contributed by atoms with van der Waals surface area (Å²) in [4.78, 5) is 7.61. The quantitative estimate of drug-likeness (QED) is 0.864. The van der Waals surface area contributed by atoms with Gasteiger partial charge >= 0.3 is 6.18 Å². The van der Waals surface area contributed by atoms with E-state index in [0.717, 1.165) is 0 Å². The third kappa shape index (κ3) is 3.03. The molecular formula is C16H16F3N5O2. The highest BCUT2D eigenvalue weighted by molar-refractivity contribution is 6.03. The molecule has 0 radical (unpaired) electrons. The highest BCUT2D eigenvalue weighted by atomic mass is 19.4. The maximum absolute atomic E-state index is 13.6. The fourth-order valence-corrected chi connectivity index (χ4v) is 2.63. The van der Waals surface area contributed by atoms with E-state index in [-0.39, 0.29) is 17.5 Å². The van der Waals surface area contributed by atoms with Gasteiger partial charge in [0, 0.05) is 11.8 Å². The van der Waals surface area contributed by atoms with Gasteiger partial charge < -0.3 is 15.6 Å². The zero-order valence-corrected chi connectivity index (χ0v) is 13.9. The SMILES string of the molecule is COc1ccc(C2=NN(c3cc(C)nc(N)n3)[C@](O)(C(F)(F)F)C2)cc1. The number of methoxy groups -OCH3 is 1. The molecule has 138 valence electrons. The monoisotopic (exact) mass is 367 g/mol. The van der Waals surface area contributed by atoms with Crippen LogP contribution in [0.25, 0.3) is 0 Å². The largest absolute Gasteiger partial charge is 0.497 e. The average Bonchev–Trinajstić information content (AvgIpc) is 2.93. The smallest absolute Gasteiger partial charge is 0.438 e. The van der Waals surface area contributed by atoms with Crippen LogP contribution in [0.4, 0.5) is 24.9 Å². The van der Waals surface area contributed by atoms with E-state index in [9.17, 15) is 18.3 Å². The van der Waals surface area contributed by atoms with Crippen molar-refractivity contribution in [2.75, 3.05) is 17.9 Å². The second kappa shape index (κ2) is 6.13. The summed E-state index contributed by atoms with van der Waals surface area (Å²) in [6, 6.07) is 7.60. The van der Waals surface area contributed by atoms with E-state index in [4.69, 9.17) is 10.5 Å². The van der Waals surface area contributed by atoms with E-state index in [1.165, 1.54) is 13.2 Å². The molecule has 0 bridgehead atoms. The lowest BCUT2D eigenvalue weighted by atomic mass is 10.0. The lowest BCUT2D eigenvalue weighted by Gasteiger charge is -2.33. The zero-order chi connectivity index (χ0) is 19.1. The Balaban J connectivity index is 2.08. The van der Waals surface area contributed by atoms with Crippen molar-refractivity contribution in [3.63, 3.8) is 0 Å². The minimum atomic E-state index is -4.97. The molecule has 2 aromatic rings. The fourth-order valence-electron chi connectivity index (χ4n) is 2.63. The van der Waals surface area contributed by atoms with Gasteiger partial charge in [-0.15, -0.1) is 0 Å². The molecule has 2 heterocycles. The van der Waals surface area contributed by atoms with E-state index in [2.05, 4.69) is 15.1 Å². The van der Waals surface area contributed by atoms with Gasteiger partial charge in [-0.25, -0.2) is 9.99 Å². The summed E-state index contributed by atoms with van der Waals surface area (Å²) in [5, 5.41) is 14.8. The third-order valence-electron chi connectivity index (χ3n) is 3.94. The Morgan fingerprint density at radius 1 is 1.23 bits per heavy atom. The van der Waals surface area contributed by atoms with Crippen molar-refractivity contribution in [1.29, 1.82) is 0 Å². The maximum atomic E-state index is 13.6. The van der Waals surface area contributed by atoms with Gasteiger partial charge in [-0.05, 0) is 36.8 Å². The Morgan fingerprint density at radius 3 is 2.42 bits per heavy atom. The highest BCUT2D eigenvalue weighted by Crippen LogP contribution is 2.43. The van der Waals surface area contributed by atoms with Crippen LogP contribution in [0.1, 0.15) is 17.7 Å². The van der Waals surface area contributed by atoms with Gasteiger partial charge in [-0.3, -0.25) is 0 Å². The van der Waals surface area contributed by atoms with E-state index < -0.39 is 18.3 Å². The van der Waals surface area contributed by atoms with Gasteiger partial charge in [0.05, 0.1) is 19.2 Å². The van der Waals surface area contributed by atoms with Gasteiger partial charge in [-0.1, -0.05) is 0 Å². The lowest BCUT2D eigenvalue weighted by molar-refractivity contribution is -0.254. The third-order valence-corrected chi connectivity index (χ3v) is 3.94. The predicted octanol–water partition coefficient (Wildman–Crippen LogP) is 2.24. The van der Waals surface area contributed by atoms with Crippen LogP contribution in [-0.2, 0) is 0 Å². The van der Waals surface area contributed by atoms with Crippen LogP contribution in [0.5, 0.6) is 5.75 Å². The van der Waals surface area contributed by atoms with Crippen LogP contribution in [0.15, 0.2) is 35.4 Å². The van der Waals surface area contributed by atoms with Gasteiger partial charge in [0.2, 0.25) is 5.95 Å². The first kappa shape index (κ1) is 17.9. The average molecular weight is 367 g/mol. The van der Waals surface area contributed by atoms with Crippen molar-refractivity contribution in [3.05, 3.63) is 41.6 Å². The standard InChI is InChI=1S/C16H16F3N5O2/c1-9-7-13(22-14(20)21-9)24-15(25,16(17,18)19)8-12(23-24)10-3-5-11(26-2)6-4-10/h3-7,25H,8H2,1-2H3,(H2,20,21,22)/t15-/m1/s1. The summed E-state index contributed by atoms with van der Waals surface area (Å²) in [6.45, 7) is 1.55. The van der Waals surface area contributed by atoms with Gasteiger partial charge in [-0.2, -0.15) is 23.3 Å². The van der Waals surface area contributed by atoms with E-state index in [1.54, 1.807) is 31.2 Å². The molecule has 1 atom stereocenters. The second-order valence-electron chi connectivity index (χ2n) is 5.80. The molecule has 0 aliphatic carbocycles. The maximum Gasteiger partial charge on any atom is 0.438 e. The number of nitrogens with zero attached hydrogens (tertiary/aromatic N) is 4. The molecule has 10 heteroatoms. The molecular weight excluding hydrogens is 351 g/mol. The molecule has 3 rings (SSSR count). The van der Waals surface area contributed by atoms with Gasteiger partial charge in [0.25, 0.3) is 5.72 Å². The lowest BCUT2D eigenvalue weighted by Crippen LogP contribution is -2.55. The summed E-state index contributed by atoms with van der Waals surface area (Å²) >= 11 is 0. The van der Waals surface area contributed by atoms with Crippen LogP contribution < -0.4 is 15.5 Å². The number of benzene rings is 1. The molecule has 0 amide bonds. The van der Waals surface area contributed by atoms with Crippen molar-refractivity contribution in [2.45, 2.75) is 25.2 Å². The molecule has 0 saturated heterocycles. The molecule has 0 saturated carbocycles. The van der Waals surface area contributed by atoms with Crippen molar-refractivity contribution in [2.24, 2.45) is 5.10 Å². The van der Waals surface area contributed by atoms with Crippen molar-refractivity contribution >= 4 is 17.5 Å². The topological polar surface area (TPSA) is 96.9 Å². The summed E-state index contributed by atoms with van der Waals surface area (Å²) in [7, 11) is 1.48. The normalized spacial score (nSPS) is 20.2. The second-order valence-corrected chi connectivity index (χ2v) is 5.80. The van der Waals surface area contributed by atoms with Crippen LogP contribution >= 0.6 is 0 Å². The van der Waals surface area contributed by atoms with Gasteiger partial charge in [0.15, 0.2) is 5.82 Å². The fraction of sp³-hybridized carbons (Fsp3) is 0.312. The molecule has 0 spiro atoms. The number of nitrogen functional groups attached to an aromatic ring is 1. The van der Waals surface area contributed by atoms with Crippen molar-refractivity contribution in [1.82, 2.24) is 9.97 Å². The summed E-state index contributed by atoms with van der Waals surface area (Å²) in [5.41, 5.74) is 3.12. The predicted molar refractivity (Wildman–Crippen MR) is 88.8 cm³/mol. The summed E-state index contributed by atoms with van der Waals surface area (Å²) < 4.78 is 45.9. The van der Waals surface area contributed by atoms with Crippen molar-refractivity contribution < 1.29 is 23.0 Å². The number of ether oxygens (including phenoxy) is 1. The molecule has 1 aromatic heterocycles. The number of aryl methyl sites for hydroxylation is 1. The van der Waals surface area contributed by atoms with Crippen LogP contribution in [0, 0.1) is 6.92 Å². The number of hydrogen-bond donors (Lipinski definition) is 2. The van der Waals surface area contributed by atoms with Crippen LogP contribution in [-0.4, -0.2) is 39.8 Å². The van der Waals surface area contributed by atoms with E-state index in [0.29, 0.717) is 22.0 Å². The number of halogens is 3. The molecule has 26 heavy (non-hydrogen) atoms. The minimum Gasteiger partial charge on any atom is -0.497 e. The first-order valence-corrected chi connectivity index (χ1v) is 7.56. The number of rotatable bonds is 3. The Morgan fingerprint density at radius 2 is 1.88 bits per heavy atom. The van der Waals surface area contributed by atoms with Gasteiger partial charge in [0.1, 0.15) is 5.75 Å². The summed E-state index contributed by atoms with van der Waals surface area (Å²) in [5.74, 6) is 0.102. The number of aliphatic hydroxyl groups is 1. The number of alkyl halides is 3. The molecule has 7 nitrogen and oxygen atoms in total. The number of hydrogen-bond acceptors (Lipinski definition) is 7. The van der Waals surface area contributed by atoms with Crippen LogP contribution in [0.3, 0.4) is 0 Å². The highest BCUT2D eigenvalue weighted by Gasteiger charge is 2.62.